The lowest BCUT2D eigenvalue weighted by Gasteiger charge is -2.20. The number of furan rings is 1. The van der Waals surface area contributed by atoms with Crippen molar-refractivity contribution < 1.29 is 23.8 Å². The molecule has 0 saturated heterocycles. The molecular formula is C32H27NO5. The number of amides is 1. The number of fused-ring (bicyclic) bond motifs is 1. The molecule has 0 aliphatic carbocycles. The number of para-hydroxylation sites is 1. The fraction of sp³-hybridized carbons (Fsp3) is 0.125. The molecule has 1 amide bonds. The van der Waals surface area contributed by atoms with Crippen molar-refractivity contribution in [2.75, 3.05) is 6.61 Å². The lowest BCUT2D eigenvalue weighted by atomic mass is 9.98. The first-order valence-corrected chi connectivity index (χ1v) is 12.5. The molecule has 5 rings (SSSR count). The summed E-state index contributed by atoms with van der Waals surface area (Å²) >= 11 is 0. The van der Waals surface area contributed by atoms with Crippen LogP contribution < -0.4 is 10.1 Å². The maximum Gasteiger partial charge on any atom is 0.303 e. The number of hydrogen-bond acceptors (Lipinski definition) is 4. The first kappa shape index (κ1) is 24.8. The SMILES string of the molecule is O=C(O)CCCOc1ccccc1-c1cc2ccc(C(=O)NC(c3ccccc3)c3ccccc3)cc2o1. The molecular weight excluding hydrogens is 478 g/mol. The van der Waals surface area contributed by atoms with E-state index in [1.54, 1.807) is 12.1 Å². The number of rotatable bonds is 10. The van der Waals surface area contributed by atoms with Crippen LogP contribution in [0.15, 0.2) is 114 Å². The molecule has 38 heavy (non-hydrogen) atoms. The number of nitrogens with one attached hydrogen (secondary N) is 1. The van der Waals surface area contributed by atoms with Gasteiger partial charge in [0.15, 0.2) is 0 Å². The molecule has 2 N–H and O–H groups in total. The van der Waals surface area contributed by atoms with E-state index in [2.05, 4.69) is 5.32 Å². The van der Waals surface area contributed by atoms with Crippen LogP contribution in [0.3, 0.4) is 0 Å². The molecule has 0 aliphatic heterocycles. The Bertz CT molecular complexity index is 1500. The van der Waals surface area contributed by atoms with Gasteiger partial charge in [-0.15, -0.1) is 0 Å². The molecule has 0 bridgehead atoms. The minimum Gasteiger partial charge on any atom is -0.493 e. The molecule has 4 aromatic carbocycles. The smallest absolute Gasteiger partial charge is 0.303 e. The van der Waals surface area contributed by atoms with Gasteiger partial charge in [-0.1, -0.05) is 78.9 Å². The van der Waals surface area contributed by atoms with E-state index in [1.165, 1.54) is 0 Å². The van der Waals surface area contributed by atoms with E-state index in [9.17, 15) is 9.59 Å². The highest BCUT2D eigenvalue weighted by Gasteiger charge is 2.19. The van der Waals surface area contributed by atoms with Crippen molar-refractivity contribution in [3.63, 3.8) is 0 Å². The van der Waals surface area contributed by atoms with E-state index in [-0.39, 0.29) is 25.0 Å². The zero-order chi connectivity index (χ0) is 26.3. The molecule has 1 heterocycles. The molecule has 190 valence electrons. The summed E-state index contributed by atoms with van der Waals surface area (Å²) in [6.45, 7) is 0.290. The Morgan fingerprint density at radius 1 is 0.816 bits per heavy atom. The van der Waals surface area contributed by atoms with Crippen molar-refractivity contribution in [2.24, 2.45) is 0 Å². The van der Waals surface area contributed by atoms with Gasteiger partial charge in [0.2, 0.25) is 0 Å². The van der Waals surface area contributed by atoms with Crippen molar-refractivity contribution in [2.45, 2.75) is 18.9 Å². The Balaban J connectivity index is 1.38. The standard InChI is InChI=1S/C32H27NO5/c34-30(35)16-9-19-37-27-15-8-7-14-26(27)29-20-24-17-18-25(21-28(24)38-29)32(36)33-31(22-10-3-1-4-11-22)23-12-5-2-6-13-23/h1-8,10-15,17-18,20-21,31H,9,16,19H2,(H,33,36)(H,34,35). The van der Waals surface area contributed by atoms with Crippen LogP contribution in [-0.2, 0) is 4.79 Å². The molecule has 5 aromatic rings. The molecule has 0 spiro atoms. The van der Waals surface area contributed by atoms with Crippen molar-refractivity contribution in [1.82, 2.24) is 5.32 Å². The second-order valence-corrected chi connectivity index (χ2v) is 8.93. The minimum absolute atomic E-state index is 0.0487. The average Bonchev–Trinajstić information content (AvgIpc) is 3.38. The minimum atomic E-state index is -0.849. The normalized spacial score (nSPS) is 11.0. The third-order valence-electron chi connectivity index (χ3n) is 6.27. The van der Waals surface area contributed by atoms with E-state index in [0.717, 1.165) is 22.1 Å². The third kappa shape index (κ3) is 5.76. The maximum atomic E-state index is 13.4. The van der Waals surface area contributed by atoms with Crippen LogP contribution in [0.5, 0.6) is 5.75 Å². The van der Waals surface area contributed by atoms with Crippen LogP contribution in [-0.4, -0.2) is 23.6 Å². The molecule has 6 heteroatoms. The first-order chi connectivity index (χ1) is 18.6. The van der Waals surface area contributed by atoms with Crippen molar-refractivity contribution in [1.29, 1.82) is 0 Å². The van der Waals surface area contributed by atoms with Crippen LogP contribution in [0.4, 0.5) is 0 Å². The molecule has 0 radical (unpaired) electrons. The predicted octanol–water partition coefficient (Wildman–Crippen LogP) is 6.86. The van der Waals surface area contributed by atoms with Gasteiger partial charge in [0.25, 0.3) is 5.91 Å². The maximum absolute atomic E-state index is 13.4. The zero-order valence-corrected chi connectivity index (χ0v) is 20.7. The summed E-state index contributed by atoms with van der Waals surface area (Å²) in [5, 5.41) is 12.9. The van der Waals surface area contributed by atoms with Crippen LogP contribution in [0.2, 0.25) is 0 Å². The Kier molecular flexibility index (Phi) is 7.50. The molecule has 6 nitrogen and oxygen atoms in total. The largest absolute Gasteiger partial charge is 0.493 e. The summed E-state index contributed by atoms with van der Waals surface area (Å²) in [5.74, 6) is 0.170. The van der Waals surface area contributed by atoms with Gasteiger partial charge < -0.3 is 19.6 Å². The highest BCUT2D eigenvalue weighted by molar-refractivity contribution is 5.98. The van der Waals surface area contributed by atoms with E-state index in [0.29, 0.717) is 29.1 Å². The number of carbonyl (C=O) groups is 2. The highest BCUT2D eigenvalue weighted by Crippen LogP contribution is 2.34. The summed E-state index contributed by atoms with van der Waals surface area (Å²) in [5.41, 5.74) is 3.83. The van der Waals surface area contributed by atoms with E-state index in [4.69, 9.17) is 14.3 Å². The van der Waals surface area contributed by atoms with Crippen molar-refractivity contribution in [3.05, 3.63) is 126 Å². The number of benzene rings is 4. The highest BCUT2D eigenvalue weighted by atomic mass is 16.5. The molecule has 1 aromatic heterocycles. The van der Waals surface area contributed by atoms with Crippen LogP contribution in [0, 0.1) is 0 Å². The van der Waals surface area contributed by atoms with Gasteiger partial charge in [0.05, 0.1) is 18.2 Å². The average molecular weight is 506 g/mol. The molecule has 0 unspecified atom stereocenters. The molecule has 0 saturated carbocycles. The summed E-state index contributed by atoms with van der Waals surface area (Å²) < 4.78 is 12.0. The second-order valence-electron chi connectivity index (χ2n) is 8.93. The monoisotopic (exact) mass is 505 g/mol. The summed E-state index contributed by atoms with van der Waals surface area (Å²) in [6, 6.07) is 34.2. The summed E-state index contributed by atoms with van der Waals surface area (Å²) in [4.78, 5) is 24.1. The predicted molar refractivity (Wildman–Crippen MR) is 146 cm³/mol. The lowest BCUT2D eigenvalue weighted by Crippen LogP contribution is -2.29. The number of ether oxygens (including phenoxy) is 1. The Labute approximate surface area is 220 Å². The molecule has 0 atom stereocenters. The fourth-order valence-electron chi connectivity index (χ4n) is 4.37. The van der Waals surface area contributed by atoms with E-state index < -0.39 is 5.97 Å². The van der Waals surface area contributed by atoms with Crippen molar-refractivity contribution >= 4 is 22.8 Å². The first-order valence-electron chi connectivity index (χ1n) is 12.5. The van der Waals surface area contributed by atoms with Gasteiger partial charge in [-0.05, 0) is 47.9 Å². The van der Waals surface area contributed by atoms with E-state index in [1.807, 2.05) is 97.1 Å². The lowest BCUT2D eigenvalue weighted by molar-refractivity contribution is -0.137. The number of carboxylic acid groups (broad SMARTS) is 1. The van der Waals surface area contributed by atoms with Crippen molar-refractivity contribution in [3.8, 4) is 17.1 Å². The quantitative estimate of drug-likeness (QED) is 0.202. The van der Waals surface area contributed by atoms with E-state index >= 15 is 0 Å². The molecule has 0 aliphatic rings. The van der Waals surface area contributed by atoms with Gasteiger partial charge in [-0.3, -0.25) is 9.59 Å². The van der Waals surface area contributed by atoms with Gasteiger partial charge >= 0.3 is 5.97 Å². The Hall–Kier alpha value is -4.84. The Morgan fingerprint density at radius 3 is 2.16 bits per heavy atom. The number of aliphatic carboxylic acids is 1. The number of carboxylic acids is 1. The number of hydrogen-bond donors (Lipinski definition) is 2. The van der Waals surface area contributed by atoms with Gasteiger partial charge in [-0.25, -0.2) is 0 Å². The van der Waals surface area contributed by atoms with Gasteiger partial charge in [0.1, 0.15) is 17.1 Å². The number of carbonyl (C=O) groups excluding carboxylic acids is 1. The van der Waals surface area contributed by atoms with Gasteiger partial charge in [-0.2, -0.15) is 0 Å². The molecule has 0 fully saturated rings. The second kappa shape index (κ2) is 11.5. The fourth-order valence-corrected chi connectivity index (χ4v) is 4.37. The summed E-state index contributed by atoms with van der Waals surface area (Å²) in [7, 11) is 0. The third-order valence-corrected chi connectivity index (χ3v) is 6.27. The van der Waals surface area contributed by atoms with Crippen LogP contribution in [0.25, 0.3) is 22.3 Å². The zero-order valence-electron chi connectivity index (χ0n) is 20.7. The van der Waals surface area contributed by atoms with Crippen LogP contribution in [0.1, 0.15) is 40.4 Å². The summed E-state index contributed by atoms with van der Waals surface area (Å²) in [6.07, 6.45) is 0.461. The Morgan fingerprint density at radius 2 is 1.47 bits per heavy atom. The van der Waals surface area contributed by atoms with Crippen LogP contribution >= 0.6 is 0 Å². The topological polar surface area (TPSA) is 88.8 Å². The van der Waals surface area contributed by atoms with Gasteiger partial charge in [0, 0.05) is 17.4 Å².